The van der Waals surface area contributed by atoms with E-state index in [0.717, 1.165) is 11.3 Å². The van der Waals surface area contributed by atoms with E-state index in [-0.39, 0.29) is 23.0 Å². The van der Waals surface area contributed by atoms with Gasteiger partial charge in [0.15, 0.2) is 0 Å². The first-order valence-electron chi connectivity index (χ1n) is 7.93. The summed E-state index contributed by atoms with van der Waals surface area (Å²) in [6.45, 7) is 0. The fourth-order valence-corrected chi connectivity index (χ4v) is 3.08. The van der Waals surface area contributed by atoms with Crippen molar-refractivity contribution in [3.8, 4) is 5.75 Å². The van der Waals surface area contributed by atoms with Gasteiger partial charge < -0.3 is 9.57 Å². The lowest BCUT2D eigenvalue weighted by Gasteiger charge is -2.12. The highest BCUT2D eigenvalue weighted by atomic mass is 16.7. The Hall–Kier alpha value is -3.15. The summed E-state index contributed by atoms with van der Waals surface area (Å²) < 4.78 is 5.11. The molecule has 0 unspecified atom stereocenters. The third-order valence-electron chi connectivity index (χ3n) is 4.58. The molecule has 0 spiro atoms. The molecule has 2 aromatic carbocycles. The quantitative estimate of drug-likeness (QED) is 0.802. The number of rotatable bonds is 4. The van der Waals surface area contributed by atoms with Gasteiger partial charge in [0, 0.05) is 0 Å². The zero-order valence-electron chi connectivity index (χ0n) is 13.5. The van der Waals surface area contributed by atoms with E-state index in [1.54, 1.807) is 31.4 Å². The molecule has 0 N–H and O–H groups in total. The van der Waals surface area contributed by atoms with Gasteiger partial charge in [0.2, 0.25) is 0 Å². The van der Waals surface area contributed by atoms with E-state index in [9.17, 15) is 14.4 Å². The van der Waals surface area contributed by atoms with Gasteiger partial charge in [0.1, 0.15) is 5.75 Å². The Morgan fingerprint density at radius 1 is 1.00 bits per heavy atom. The second kappa shape index (κ2) is 5.73. The van der Waals surface area contributed by atoms with Crippen molar-refractivity contribution in [2.75, 3.05) is 7.11 Å². The number of hydrogen-bond acceptors (Lipinski definition) is 5. The largest absolute Gasteiger partial charge is 0.497 e. The standard InChI is InChI=1S/C19H15NO5/c1-24-12-8-6-11(7-9-12)15-10-16(15)19(23)25-20-17(21)13-4-2-3-5-14(13)18(20)22/h2-9,15-16H,10H2,1H3/t15-,16+/m0/s1. The predicted octanol–water partition coefficient (Wildman–Crippen LogP) is 2.55. The lowest BCUT2D eigenvalue weighted by atomic mass is 10.1. The lowest BCUT2D eigenvalue weighted by molar-refractivity contribution is -0.170. The molecular weight excluding hydrogens is 322 g/mol. The third-order valence-corrected chi connectivity index (χ3v) is 4.58. The molecule has 6 nitrogen and oxygen atoms in total. The van der Waals surface area contributed by atoms with Crippen molar-refractivity contribution >= 4 is 17.8 Å². The minimum atomic E-state index is -0.601. The van der Waals surface area contributed by atoms with Crippen LogP contribution in [0.1, 0.15) is 38.6 Å². The van der Waals surface area contributed by atoms with Gasteiger partial charge >= 0.3 is 5.97 Å². The normalized spacial score (nSPS) is 21.1. The number of hydroxylamine groups is 2. The van der Waals surface area contributed by atoms with E-state index in [0.29, 0.717) is 11.5 Å². The highest BCUT2D eigenvalue weighted by Gasteiger charge is 2.48. The van der Waals surface area contributed by atoms with Crippen LogP contribution in [-0.4, -0.2) is 30.0 Å². The average molecular weight is 337 g/mol. The molecule has 2 aliphatic rings. The van der Waals surface area contributed by atoms with Gasteiger partial charge in [-0.25, -0.2) is 4.79 Å². The zero-order valence-corrected chi connectivity index (χ0v) is 13.5. The second-order valence-electron chi connectivity index (χ2n) is 6.08. The van der Waals surface area contributed by atoms with Gasteiger partial charge in [-0.3, -0.25) is 9.59 Å². The van der Waals surface area contributed by atoms with Crippen LogP contribution in [0.4, 0.5) is 0 Å². The van der Waals surface area contributed by atoms with E-state index in [2.05, 4.69) is 0 Å². The zero-order chi connectivity index (χ0) is 17.6. The Kier molecular flexibility index (Phi) is 3.53. The summed E-state index contributed by atoms with van der Waals surface area (Å²) in [7, 11) is 1.59. The SMILES string of the molecule is COc1ccc([C@@H]2C[C@H]2C(=O)ON2C(=O)c3ccccc3C2=O)cc1. The minimum Gasteiger partial charge on any atom is -0.497 e. The maximum Gasteiger partial charge on any atom is 0.336 e. The molecule has 0 saturated heterocycles. The fourth-order valence-electron chi connectivity index (χ4n) is 3.08. The number of hydrogen-bond donors (Lipinski definition) is 0. The van der Waals surface area contributed by atoms with Crippen LogP contribution in [0.5, 0.6) is 5.75 Å². The number of methoxy groups -OCH3 is 1. The van der Waals surface area contributed by atoms with E-state index in [4.69, 9.17) is 9.57 Å². The van der Waals surface area contributed by atoms with Gasteiger partial charge in [0.25, 0.3) is 11.8 Å². The number of ether oxygens (including phenoxy) is 1. The molecule has 1 aliphatic carbocycles. The van der Waals surface area contributed by atoms with Gasteiger partial charge in [-0.2, -0.15) is 0 Å². The van der Waals surface area contributed by atoms with E-state index in [1.807, 2.05) is 24.3 Å². The summed E-state index contributed by atoms with van der Waals surface area (Å²) in [5.74, 6) is -1.33. The number of nitrogens with zero attached hydrogens (tertiary/aromatic N) is 1. The van der Waals surface area contributed by atoms with E-state index in [1.165, 1.54) is 0 Å². The molecule has 25 heavy (non-hydrogen) atoms. The summed E-state index contributed by atoms with van der Waals surface area (Å²) in [4.78, 5) is 41.9. The molecular formula is C19H15NO5. The first-order valence-corrected chi connectivity index (χ1v) is 7.93. The van der Waals surface area contributed by atoms with Crippen molar-refractivity contribution in [3.63, 3.8) is 0 Å². The molecule has 4 rings (SSSR count). The molecule has 126 valence electrons. The Morgan fingerprint density at radius 2 is 1.60 bits per heavy atom. The number of carbonyl (C=O) groups excluding carboxylic acids is 3. The maximum atomic E-state index is 12.3. The highest BCUT2D eigenvalue weighted by Crippen LogP contribution is 2.48. The monoisotopic (exact) mass is 337 g/mol. The van der Waals surface area contributed by atoms with Crippen LogP contribution in [0.15, 0.2) is 48.5 Å². The Morgan fingerprint density at radius 3 is 2.16 bits per heavy atom. The lowest BCUT2D eigenvalue weighted by Crippen LogP contribution is -2.33. The molecule has 0 bridgehead atoms. The van der Waals surface area contributed by atoms with Gasteiger partial charge in [-0.1, -0.05) is 29.3 Å². The summed E-state index contributed by atoms with van der Waals surface area (Å²) in [5.41, 5.74) is 1.51. The molecule has 0 radical (unpaired) electrons. The number of fused-ring (bicyclic) bond motifs is 1. The molecule has 1 fully saturated rings. The Balaban J connectivity index is 1.44. The van der Waals surface area contributed by atoms with Crippen molar-refractivity contribution in [2.24, 2.45) is 5.92 Å². The smallest absolute Gasteiger partial charge is 0.336 e. The summed E-state index contributed by atoms with van der Waals surface area (Å²) in [6, 6.07) is 13.9. The summed E-state index contributed by atoms with van der Waals surface area (Å²) in [6.07, 6.45) is 0.633. The number of benzene rings is 2. The molecule has 1 heterocycles. The summed E-state index contributed by atoms with van der Waals surface area (Å²) in [5, 5.41) is 0.566. The number of imide groups is 1. The van der Waals surface area contributed by atoms with Gasteiger partial charge in [-0.05, 0) is 42.2 Å². The first kappa shape index (κ1) is 15.4. The van der Waals surface area contributed by atoms with Gasteiger partial charge in [-0.15, -0.1) is 0 Å². The Labute approximate surface area is 143 Å². The molecule has 0 aromatic heterocycles. The third kappa shape index (κ3) is 2.55. The molecule has 1 aliphatic heterocycles. The molecule has 6 heteroatoms. The predicted molar refractivity (Wildman–Crippen MR) is 86.9 cm³/mol. The van der Waals surface area contributed by atoms with Crippen molar-refractivity contribution < 1.29 is 24.0 Å². The van der Waals surface area contributed by atoms with Crippen molar-refractivity contribution in [1.82, 2.24) is 5.06 Å². The van der Waals surface area contributed by atoms with Crippen molar-refractivity contribution in [3.05, 3.63) is 65.2 Å². The molecule has 2 aromatic rings. The van der Waals surface area contributed by atoms with Gasteiger partial charge in [0.05, 0.1) is 24.2 Å². The topological polar surface area (TPSA) is 72.9 Å². The average Bonchev–Trinajstić information content (AvgIpc) is 3.42. The number of carbonyl (C=O) groups is 3. The Bertz CT molecular complexity index is 839. The molecule has 2 atom stereocenters. The van der Waals surface area contributed by atoms with Crippen LogP contribution in [0, 0.1) is 5.92 Å². The van der Waals surface area contributed by atoms with Crippen LogP contribution in [0.3, 0.4) is 0 Å². The molecule has 2 amide bonds. The minimum absolute atomic E-state index is 0.0357. The van der Waals surface area contributed by atoms with Crippen LogP contribution < -0.4 is 4.74 Å². The fraction of sp³-hybridized carbons (Fsp3) is 0.211. The maximum absolute atomic E-state index is 12.3. The van der Waals surface area contributed by atoms with Crippen molar-refractivity contribution in [2.45, 2.75) is 12.3 Å². The van der Waals surface area contributed by atoms with Crippen LogP contribution in [0.25, 0.3) is 0 Å². The van der Waals surface area contributed by atoms with E-state index < -0.39 is 17.8 Å². The summed E-state index contributed by atoms with van der Waals surface area (Å²) >= 11 is 0. The number of amides is 2. The highest BCUT2D eigenvalue weighted by molar-refractivity contribution is 6.20. The van der Waals surface area contributed by atoms with Crippen molar-refractivity contribution in [1.29, 1.82) is 0 Å². The molecule has 1 saturated carbocycles. The second-order valence-corrected chi connectivity index (χ2v) is 6.08. The van der Waals surface area contributed by atoms with Crippen LogP contribution >= 0.6 is 0 Å². The van der Waals surface area contributed by atoms with E-state index >= 15 is 0 Å². The first-order chi connectivity index (χ1) is 12.1. The van der Waals surface area contributed by atoms with Crippen LogP contribution in [-0.2, 0) is 9.63 Å². The van der Waals surface area contributed by atoms with Crippen LogP contribution in [0.2, 0.25) is 0 Å².